The summed E-state index contributed by atoms with van der Waals surface area (Å²) in [4.78, 5) is 16.1. The quantitative estimate of drug-likeness (QED) is 0.551. The standard InChI is InChI=1S/C16H11Cl2N5O/c17-10-4-5-12(13(18)7-10)14-8-15(22-21-14)16(24)23-20-9-11-3-1-2-6-19-11/h1-9H,(H,21,22)(H,23,24)/b20-9-. The van der Waals surface area contributed by atoms with E-state index in [1.807, 2.05) is 6.07 Å². The summed E-state index contributed by atoms with van der Waals surface area (Å²) in [5.41, 5.74) is 4.51. The average Bonchev–Trinajstić information content (AvgIpc) is 3.05. The fraction of sp³-hybridized carbons (Fsp3) is 0. The lowest BCUT2D eigenvalue weighted by molar-refractivity contribution is 0.0950. The first kappa shape index (κ1) is 16.2. The molecule has 2 N–H and O–H groups in total. The van der Waals surface area contributed by atoms with Gasteiger partial charge < -0.3 is 0 Å². The molecule has 0 aliphatic carbocycles. The van der Waals surface area contributed by atoms with Gasteiger partial charge in [0.05, 0.1) is 22.6 Å². The summed E-state index contributed by atoms with van der Waals surface area (Å²) in [6.07, 6.45) is 3.09. The molecule has 6 nitrogen and oxygen atoms in total. The van der Waals surface area contributed by atoms with Crippen LogP contribution in [-0.2, 0) is 0 Å². The first-order valence-corrected chi connectivity index (χ1v) is 7.64. The molecule has 3 aromatic rings. The lowest BCUT2D eigenvalue weighted by Gasteiger charge is -2.00. The highest BCUT2D eigenvalue weighted by Gasteiger charge is 2.12. The molecular weight excluding hydrogens is 349 g/mol. The molecule has 0 atom stereocenters. The topological polar surface area (TPSA) is 83.0 Å². The molecule has 2 heterocycles. The summed E-state index contributed by atoms with van der Waals surface area (Å²) in [5.74, 6) is -0.425. The van der Waals surface area contributed by atoms with Crippen molar-refractivity contribution in [1.82, 2.24) is 20.6 Å². The molecule has 1 amide bonds. The number of carbonyl (C=O) groups is 1. The molecule has 3 rings (SSSR count). The second-order valence-electron chi connectivity index (χ2n) is 4.74. The summed E-state index contributed by atoms with van der Waals surface area (Å²) in [7, 11) is 0. The van der Waals surface area contributed by atoms with Gasteiger partial charge >= 0.3 is 0 Å². The van der Waals surface area contributed by atoms with Gasteiger partial charge in [0.1, 0.15) is 5.69 Å². The maximum absolute atomic E-state index is 12.0. The summed E-state index contributed by atoms with van der Waals surface area (Å²) in [6, 6.07) is 12.0. The van der Waals surface area contributed by atoms with Gasteiger partial charge in [-0.05, 0) is 36.4 Å². The Morgan fingerprint density at radius 1 is 1.21 bits per heavy atom. The molecule has 0 bridgehead atoms. The lowest BCUT2D eigenvalue weighted by atomic mass is 10.1. The number of nitrogens with one attached hydrogen (secondary N) is 2. The minimum atomic E-state index is -0.425. The molecule has 0 fully saturated rings. The van der Waals surface area contributed by atoms with Crippen LogP contribution in [0.25, 0.3) is 11.3 Å². The highest BCUT2D eigenvalue weighted by atomic mass is 35.5. The minimum absolute atomic E-state index is 0.259. The third kappa shape index (κ3) is 3.79. The van der Waals surface area contributed by atoms with Gasteiger partial charge in [0.15, 0.2) is 0 Å². The number of aromatic amines is 1. The van der Waals surface area contributed by atoms with Gasteiger partial charge in [-0.15, -0.1) is 0 Å². The van der Waals surface area contributed by atoms with Crippen LogP contribution in [0, 0.1) is 0 Å². The predicted octanol–water partition coefficient (Wildman–Crippen LogP) is 3.54. The lowest BCUT2D eigenvalue weighted by Crippen LogP contribution is -2.18. The molecule has 0 unspecified atom stereocenters. The molecule has 24 heavy (non-hydrogen) atoms. The Balaban J connectivity index is 1.71. The van der Waals surface area contributed by atoms with Crippen LogP contribution in [0.15, 0.2) is 53.8 Å². The van der Waals surface area contributed by atoms with Crippen molar-refractivity contribution in [3.63, 3.8) is 0 Å². The van der Waals surface area contributed by atoms with Crippen molar-refractivity contribution in [1.29, 1.82) is 0 Å². The summed E-state index contributed by atoms with van der Waals surface area (Å²) in [6.45, 7) is 0. The van der Waals surface area contributed by atoms with Crippen molar-refractivity contribution in [2.45, 2.75) is 0 Å². The number of hydrogen-bond donors (Lipinski definition) is 2. The summed E-state index contributed by atoms with van der Waals surface area (Å²) < 4.78 is 0. The van der Waals surface area contributed by atoms with Crippen LogP contribution in [0.4, 0.5) is 0 Å². The van der Waals surface area contributed by atoms with E-state index in [1.165, 1.54) is 6.21 Å². The Labute approximate surface area is 147 Å². The fourth-order valence-electron chi connectivity index (χ4n) is 1.94. The first-order valence-electron chi connectivity index (χ1n) is 6.89. The molecule has 0 aliphatic heterocycles. The third-order valence-electron chi connectivity index (χ3n) is 3.08. The number of pyridine rings is 1. The smallest absolute Gasteiger partial charge is 0.272 e. The maximum Gasteiger partial charge on any atom is 0.289 e. The number of amides is 1. The highest BCUT2D eigenvalue weighted by molar-refractivity contribution is 6.36. The van der Waals surface area contributed by atoms with Crippen LogP contribution in [0.3, 0.4) is 0 Å². The first-order chi connectivity index (χ1) is 11.6. The number of halogens is 2. The van der Waals surface area contributed by atoms with Crippen molar-refractivity contribution in [2.75, 3.05) is 0 Å². The molecule has 0 saturated heterocycles. The zero-order valence-electron chi connectivity index (χ0n) is 12.2. The molecule has 0 spiro atoms. The number of rotatable bonds is 4. The molecule has 120 valence electrons. The van der Waals surface area contributed by atoms with E-state index in [0.717, 1.165) is 0 Å². The number of H-pyrrole nitrogens is 1. The Morgan fingerprint density at radius 2 is 2.08 bits per heavy atom. The summed E-state index contributed by atoms with van der Waals surface area (Å²) in [5, 5.41) is 11.6. The van der Waals surface area contributed by atoms with E-state index >= 15 is 0 Å². The average molecular weight is 360 g/mol. The van der Waals surface area contributed by atoms with E-state index in [1.54, 1.807) is 42.6 Å². The van der Waals surface area contributed by atoms with Crippen molar-refractivity contribution in [3.05, 3.63) is 70.1 Å². The van der Waals surface area contributed by atoms with E-state index in [9.17, 15) is 4.79 Å². The zero-order valence-corrected chi connectivity index (χ0v) is 13.7. The predicted molar refractivity (Wildman–Crippen MR) is 93.3 cm³/mol. The number of aromatic nitrogens is 3. The van der Waals surface area contributed by atoms with Gasteiger partial charge in [0.2, 0.25) is 0 Å². The van der Waals surface area contributed by atoms with Crippen LogP contribution in [0.1, 0.15) is 16.2 Å². The number of benzene rings is 1. The Morgan fingerprint density at radius 3 is 2.83 bits per heavy atom. The maximum atomic E-state index is 12.0. The number of nitrogens with zero attached hydrogens (tertiary/aromatic N) is 3. The van der Waals surface area contributed by atoms with Crippen LogP contribution in [0.2, 0.25) is 10.0 Å². The van der Waals surface area contributed by atoms with E-state index in [-0.39, 0.29) is 5.69 Å². The molecular formula is C16H11Cl2N5O. The molecule has 1 aromatic carbocycles. The second kappa shape index (κ2) is 7.25. The van der Waals surface area contributed by atoms with Crippen LogP contribution in [-0.4, -0.2) is 27.3 Å². The van der Waals surface area contributed by atoms with Crippen molar-refractivity contribution < 1.29 is 4.79 Å². The van der Waals surface area contributed by atoms with E-state index in [4.69, 9.17) is 23.2 Å². The van der Waals surface area contributed by atoms with Crippen LogP contribution in [0.5, 0.6) is 0 Å². The molecule has 2 aromatic heterocycles. The van der Waals surface area contributed by atoms with Gasteiger partial charge in [-0.25, -0.2) is 5.43 Å². The van der Waals surface area contributed by atoms with E-state index in [2.05, 4.69) is 25.7 Å². The molecule has 0 radical (unpaired) electrons. The zero-order chi connectivity index (χ0) is 16.9. The van der Waals surface area contributed by atoms with Crippen LogP contribution < -0.4 is 5.43 Å². The molecule has 0 saturated carbocycles. The van der Waals surface area contributed by atoms with Gasteiger partial charge in [-0.1, -0.05) is 29.3 Å². The number of carbonyl (C=O) groups excluding carboxylic acids is 1. The fourth-order valence-corrected chi connectivity index (χ4v) is 2.45. The monoisotopic (exact) mass is 359 g/mol. The molecule has 8 heteroatoms. The summed E-state index contributed by atoms with van der Waals surface area (Å²) >= 11 is 12.0. The van der Waals surface area contributed by atoms with Gasteiger partial charge in [-0.3, -0.25) is 14.9 Å². The Kier molecular flexibility index (Phi) is 4.88. The van der Waals surface area contributed by atoms with Crippen molar-refractivity contribution >= 4 is 35.3 Å². The van der Waals surface area contributed by atoms with Gasteiger partial charge in [0, 0.05) is 16.8 Å². The Bertz CT molecular complexity index is 892. The second-order valence-corrected chi connectivity index (χ2v) is 5.59. The van der Waals surface area contributed by atoms with Crippen molar-refractivity contribution in [3.8, 4) is 11.3 Å². The third-order valence-corrected chi connectivity index (χ3v) is 3.63. The van der Waals surface area contributed by atoms with Crippen LogP contribution >= 0.6 is 23.2 Å². The molecule has 0 aliphatic rings. The normalized spacial score (nSPS) is 10.9. The van der Waals surface area contributed by atoms with E-state index in [0.29, 0.717) is 27.0 Å². The van der Waals surface area contributed by atoms with E-state index < -0.39 is 5.91 Å². The van der Waals surface area contributed by atoms with Gasteiger partial charge in [-0.2, -0.15) is 10.2 Å². The SMILES string of the molecule is O=C(N/N=C\c1ccccn1)c1cc(-c2ccc(Cl)cc2Cl)n[nH]1. The number of hydrogen-bond acceptors (Lipinski definition) is 4. The van der Waals surface area contributed by atoms with Gasteiger partial charge in [0.25, 0.3) is 5.91 Å². The minimum Gasteiger partial charge on any atom is -0.272 e. The van der Waals surface area contributed by atoms with Crippen molar-refractivity contribution in [2.24, 2.45) is 5.10 Å². The Hall–Kier alpha value is -2.70. The highest BCUT2D eigenvalue weighted by Crippen LogP contribution is 2.29. The number of hydrazone groups is 1. The largest absolute Gasteiger partial charge is 0.289 e.